The lowest BCUT2D eigenvalue weighted by molar-refractivity contribution is -0.306. The average Bonchev–Trinajstić information content (AvgIpc) is 2.23. The molecule has 1 aromatic rings. The number of nitrogens with one attached hydrogen (secondary N) is 1. The minimum Gasteiger partial charge on any atom is -0.550 e. The summed E-state index contributed by atoms with van der Waals surface area (Å²) in [6.45, 7) is 1.66. The van der Waals surface area contributed by atoms with Crippen molar-refractivity contribution in [2.45, 2.75) is 19.8 Å². The van der Waals surface area contributed by atoms with E-state index in [9.17, 15) is 14.7 Å². The van der Waals surface area contributed by atoms with Gasteiger partial charge >= 0.3 is 0 Å². The van der Waals surface area contributed by atoms with Crippen LogP contribution < -0.4 is 10.4 Å². The van der Waals surface area contributed by atoms with Gasteiger partial charge in [-0.25, -0.2) is 0 Å². The minimum absolute atomic E-state index is 0.0802. The molecule has 4 nitrogen and oxygen atoms in total. The summed E-state index contributed by atoms with van der Waals surface area (Å²) in [7, 11) is 0. The van der Waals surface area contributed by atoms with Crippen LogP contribution in [0.3, 0.4) is 0 Å². The molecule has 98 valence electrons. The van der Waals surface area contributed by atoms with E-state index in [1.807, 2.05) is 0 Å². The third-order valence-electron chi connectivity index (χ3n) is 2.27. The van der Waals surface area contributed by atoms with Crippen LogP contribution in [0.2, 0.25) is 10.0 Å². The van der Waals surface area contributed by atoms with Gasteiger partial charge in [0.2, 0.25) is 5.91 Å². The topological polar surface area (TPSA) is 69.2 Å². The van der Waals surface area contributed by atoms with Crippen LogP contribution in [0.5, 0.6) is 0 Å². The van der Waals surface area contributed by atoms with Crippen molar-refractivity contribution in [3.05, 3.63) is 28.2 Å². The van der Waals surface area contributed by atoms with Crippen LogP contribution in [0.4, 0.5) is 5.69 Å². The number of halogens is 2. The number of carbonyl (C=O) groups is 2. The lowest BCUT2D eigenvalue weighted by atomic mass is 10.0. The first kappa shape index (κ1) is 14.8. The van der Waals surface area contributed by atoms with Gasteiger partial charge in [0.25, 0.3) is 0 Å². The molecule has 0 bridgehead atoms. The van der Waals surface area contributed by atoms with Gasteiger partial charge in [0.05, 0.1) is 15.7 Å². The zero-order valence-corrected chi connectivity index (χ0v) is 11.2. The molecule has 6 heteroatoms. The highest BCUT2D eigenvalue weighted by atomic mass is 35.5. The number of aliphatic carboxylic acids is 1. The summed E-state index contributed by atoms with van der Waals surface area (Å²) < 4.78 is 0. The standard InChI is InChI=1S/C12H13Cl2NO3/c1-7(6-11(17)18)5-10(16)15-9-4-2-3-8(13)12(9)14/h2-4,7H,5-6H2,1H3,(H,15,16)(H,17,18)/p-1/t7-/m1/s1. The molecule has 0 aromatic heterocycles. The highest BCUT2D eigenvalue weighted by Gasteiger charge is 2.12. The first-order valence-corrected chi connectivity index (χ1v) is 6.09. The summed E-state index contributed by atoms with van der Waals surface area (Å²) in [5.41, 5.74) is 0.412. The number of carbonyl (C=O) groups excluding carboxylic acids is 2. The molecule has 0 aliphatic carbocycles. The monoisotopic (exact) mass is 288 g/mol. The second-order valence-electron chi connectivity index (χ2n) is 4.03. The van der Waals surface area contributed by atoms with Gasteiger partial charge in [-0.15, -0.1) is 0 Å². The number of rotatable bonds is 5. The number of hydrogen-bond acceptors (Lipinski definition) is 3. The molecule has 0 spiro atoms. The summed E-state index contributed by atoms with van der Waals surface area (Å²) in [4.78, 5) is 22.0. The smallest absolute Gasteiger partial charge is 0.224 e. The van der Waals surface area contributed by atoms with Crippen molar-refractivity contribution in [3.8, 4) is 0 Å². The Kier molecular flexibility index (Phi) is 5.44. The van der Waals surface area contributed by atoms with Gasteiger partial charge < -0.3 is 15.2 Å². The first-order valence-electron chi connectivity index (χ1n) is 5.34. The number of anilines is 1. The Labute approximate surface area is 115 Å². The average molecular weight is 289 g/mol. The molecule has 0 saturated heterocycles. The third-order valence-corrected chi connectivity index (χ3v) is 3.09. The molecule has 1 aromatic carbocycles. The van der Waals surface area contributed by atoms with Crippen molar-refractivity contribution in [1.29, 1.82) is 0 Å². The van der Waals surface area contributed by atoms with Gasteiger partial charge in [0.15, 0.2) is 0 Å². The molecule has 0 radical (unpaired) electrons. The normalized spacial score (nSPS) is 11.9. The van der Waals surface area contributed by atoms with Crippen molar-refractivity contribution in [2.24, 2.45) is 5.92 Å². The number of hydrogen-bond donors (Lipinski definition) is 1. The molecule has 0 fully saturated rings. The quantitative estimate of drug-likeness (QED) is 0.902. The van der Waals surface area contributed by atoms with E-state index in [-0.39, 0.29) is 29.7 Å². The molecule has 1 N–H and O–H groups in total. The highest BCUT2D eigenvalue weighted by Crippen LogP contribution is 2.29. The van der Waals surface area contributed by atoms with E-state index >= 15 is 0 Å². The zero-order valence-electron chi connectivity index (χ0n) is 9.70. The Morgan fingerprint density at radius 2 is 2.00 bits per heavy atom. The summed E-state index contributed by atoms with van der Waals surface area (Å²) in [5, 5.41) is 13.6. The van der Waals surface area contributed by atoms with Crippen LogP contribution in [-0.2, 0) is 9.59 Å². The van der Waals surface area contributed by atoms with E-state index in [0.29, 0.717) is 10.7 Å². The SMILES string of the molecule is C[C@@H](CC(=O)[O-])CC(=O)Nc1cccc(Cl)c1Cl. The molecule has 0 saturated carbocycles. The molecular weight excluding hydrogens is 277 g/mol. The molecule has 1 atom stereocenters. The maximum atomic E-state index is 11.6. The predicted molar refractivity (Wildman–Crippen MR) is 68.5 cm³/mol. The second kappa shape index (κ2) is 6.61. The molecule has 0 aliphatic heterocycles. The Bertz CT molecular complexity index is 463. The van der Waals surface area contributed by atoms with Gasteiger partial charge in [-0.1, -0.05) is 36.2 Å². The molecular formula is C12H12Cl2NO3-. The van der Waals surface area contributed by atoms with Crippen molar-refractivity contribution in [2.75, 3.05) is 5.32 Å². The fraction of sp³-hybridized carbons (Fsp3) is 0.333. The van der Waals surface area contributed by atoms with Crippen molar-refractivity contribution in [3.63, 3.8) is 0 Å². The molecule has 1 amide bonds. The van der Waals surface area contributed by atoms with Crippen LogP contribution >= 0.6 is 23.2 Å². The van der Waals surface area contributed by atoms with Gasteiger partial charge in [-0.05, 0) is 24.5 Å². The minimum atomic E-state index is -1.17. The van der Waals surface area contributed by atoms with Crippen LogP contribution in [0.25, 0.3) is 0 Å². The number of amides is 1. The largest absolute Gasteiger partial charge is 0.550 e. The molecule has 0 heterocycles. The maximum absolute atomic E-state index is 11.6. The summed E-state index contributed by atoms with van der Waals surface area (Å²) in [6, 6.07) is 4.89. The molecule has 1 rings (SSSR count). The van der Waals surface area contributed by atoms with Gasteiger partial charge in [-0.2, -0.15) is 0 Å². The highest BCUT2D eigenvalue weighted by molar-refractivity contribution is 6.43. The Morgan fingerprint density at radius 3 is 2.61 bits per heavy atom. The van der Waals surface area contributed by atoms with E-state index in [1.165, 1.54) is 0 Å². The second-order valence-corrected chi connectivity index (χ2v) is 4.82. The maximum Gasteiger partial charge on any atom is 0.224 e. The first-order chi connectivity index (χ1) is 8.40. The third kappa shape index (κ3) is 4.55. The van der Waals surface area contributed by atoms with Crippen LogP contribution in [-0.4, -0.2) is 11.9 Å². The van der Waals surface area contributed by atoms with Gasteiger partial charge in [0.1, 0.15) is 0 Å². The fourth-order valence-electron chi connectivity index (χ4n) is 1.47. The van der Waals surface area contributed by atoms with Gasteiger partial charge in [-0.3, -0.25) is 4.79 Å². The van der Waals surface area contributed by atoms with Gasteiger partial charge in [0, 0.05) is 12.4 Å². The van der Waals surface area contributed by atoms with E-state index in [1.54, 1.807) is 25.1 Å². The molecule has 18 heavy (non-hydrogen) atoms. The lowest BCUT2D eigenvalue weighted by Crippen LogP contribution is -2.26. The van der Waals surface area contributed by atoms with E-state index in [0.717, 1.165) is 0 Å². The molecule has 0 aliphatic rings. The zero-order chi connectivity index (χ0) is 13.7. The number of carboxylic acids is 1. The van der Waals surface area contributed by atoms with Crippen LogP contribution in [0, 0.1) is 5.92 Å². The summed E-state index contributed by atoms with van der Waals surface area (Å²) in [5.74, 6) is -1.78. The van der Waals surface area contributed by atoms with E-state index in [2.05, 4.69) is 5.32 Å². The van der Waals surface area contributed by atoms with E-state index in [4.69, 9.17) is 23.2 Å². The van der Waals surface area contributed by atoms with Crippen LogP contribution in [0.15, 0.2) is 18.2 Å². The number of benzene rings is 1. The summed E-state index contributed by atoms with van der Waals surface area (Å²) in [6.07, 6.45) is -0.0759. The predicted octanol–water partition coefficient (Wildman–Crippen LogP) is 2.10. The van der Waals surface area contributed by atoms with E-state index < -0.39 is 5.97 Å². The summed E-state index contributed by atoms with van der Waals surface area (Å²) >= 11 is 11.7. The Balaban J connectivity index is 2.59. The number of carboxylic acid groups (broad SMARTS) is 1. The Hall–Kier alpha value is -1.26. The fourth-order valence-corrected chi connectivity index (χ4v) is 1.82. The lowest BCUT2D eigenvalue weighted by Gasteiger charge is -2.13. The van der Waals surface area contributed by atoms with Crippen molar-refractivity contribution in [1.82, 2.24) is 0 Å². The molecule has 0 unspecified atom stereocenters. The van der Waals surface area contributed by atoms with Crippen molar-refractivity contribution < 1.29 is 14.7 Å². The van der Waals surface area contributed by atoms with Crippen molar-refractivity contribution >= 4 is 40.8 Å². The Morgan fingerprint density at radius 1 is 1.33 bits per heavy atom. The van der Waals surface area contributed by atoms with Crippen LogP contribution in [0.1, 0.15) is 19.8 Å².